The molecule has 1 unspecified atom stereocenters. The monoisotopic (exact) mass is 422 g/mol. The number of benzene rings is 2. The maximum atomic E-state index is 9.20. The van der Waals surface area contributed by atoms with Gasteiger partial charge in [-0.3, -0.25) is 0 Å². The molecule has 0 spiro atoms. The van der Waals surface area contributed by atoms with Crippen LogP contribution in [0.25, 0.3) is 11.3 Å². The van der Waals surface area contributed by atoms with E-state index in [9.17, 15) is 2.74 Å². The molecule has 27 heavy (non-hydrogen) atoms. The summed E-state index contributed by atoms with van der Waals surface area (Å²) >= 11 is -2.32. The first-order chi connectivity index (χ1) is 13.5. The SMILES string of the molecule is [2H]C([2H])(c1cc(-c2ccccc2C)[n+](C)c[c]1[Ge]([CH3])([CH3])[CH3])C(C)c1ccccc1. The fourth-order valence-corrected chi connectivity index (χ4v) is 6.77. The molecule has 2 aromatic carbocycles. The summed E-state index contributed by atoms with van der Waals surface area (Å²) in [4.78, 5) is 0. The van der Waals surface area contributed by atoms with Gasteiger partial charge in [-0.15, -0.1) is 0 Å². The van der Waals surface area contributed by atoms with Crippen LogP contribution in [0.2, 0.25) is 17.3 Å². The summed E-state index contributed by atoms with van der Waals surface area (Å²) in [5.41, 5.74) is 5.33. The zero-order valence-electron chi connectivity index (χ0n) is 19.4. The Hall–Kier alpha value is -1.87. The number of aromatic nitrogens is 1. The van der Waals surface area contributed by atoms with Crippen LogP contribution in [0, 0.1) is 6.92 Å². The molecule has 1 nitrogen and oxygen atoms in total. The van der Waals surface area contributed by atoms with Crippen molar-refractivity contribution in [1.82, 2.24) is 0 Å². The van der Waals surface area contributed by atoms with Crippen molar-refractivity contribution in [3.8, 4) is 11.3 Å². The predicted molar refractivity (Wildman–Crippen MR) is 119 cm³/mol. The van der Waals surface area contributed by atoms with Gasteiger partial charge < -0.3 is 0 Å². The average Bonchev–Trinajstić information content (AvgIpc) is 2.67. The van der Waals surface area contributed by atoms with E-state index in [-0.39, 0.29) is 5.92 Å². The third-order valence-electron chi connectivity index (χ3n) is 5.17. The molecule has 1 aromatic heterocycles. The molecule has 3 aromatic rings. The van der Waals surface area contributed by atoms with Crippen molar-refractivity contribution >= 4 is 17.7 Å². The molecule has 0 radical (unpaired) electrons. The molecule has 0 aliphatic carbocycles. The van der Waals surface area contributed by atoms with Gasteiger partial charge >= 0.3 is 170 Å². The number of aryl methyl sites for hydroxylation is 2. The topological polar surface area (TPSA) is 3.88 Å². The van der Waals surface area contributed by atoms with Gasteiger partial charge in [0.05, 0.1) is 0 Å². The van der Waals surface area contributed by atoms with Crippen molar-refractivity contribution in [1.29, 1.82) is 0 Å². The normalized spacial score (nSPS) is 14.4. The third-order valence-corrected chi connectivity index (χ3v) is 9.40. The average molecular weight is 421 g/mol. The van der Waals surface area contributed by atoms with Gasteiger partial charge in [-0.2, -0.15) is 0 Å². The van der Waals surface area contributed by atoms with Crippen molar-refractivity contribution in [2.24, 2.45) is 7.05 Å². The van der Waals surface area contributed by atoms with Gasteiger partial charge in [0.1, 0.15) is 0 Å². The molecule has 0 bridgehead atoms. The Labute approximate surface area is 170 Å². The summed E-state index contributed by atoms with van der Waals surface area (Å²) in [7, 11) is 2.08. The fraction of sp³-hybridized carbons (Fsp3) is 0.320. The first kappa shape index (κ1) is 17.2. The summed E-state index contributed by atoms with van der Waals surface area (Å²) in [5, 5.41) is 0. The molecule has 140 valence electrons. The molecule has 0 aliphatic heterocycles. The molecule has 1 heterocycles. The Bertz CT molecular complexity index is 1010. The van der Waals surface area contributed by atoms with E-state index in [4.69, 9.17) is 0 Å². The Morgan fingerprint density at radius 2 is 1.63 bits per heavy atom. The van der Waals surface area contributed by atoms with E-state index < -0.39 is 19.6 Å². The Kier molecular flexibility index (Phi) is 5.12. The molecule has 3 rings (SSSR count). The summed E-state index contributed by atoms with van der Waals surface area (Å²) < 4.78 is 21.8. The maximum absolute atomic E-state index is 9.20. The van der Waals surface area contributed by atoms with Crippen LogP contribution in [-0.2, 0) is 13.4 Å². The van der Waals surface area contributed by atoms with E-state index in [1.54, 1.807) is 0 Å². The molecular weight excluding hydrogens is 387 g/mol. The second-order valence-corrected chi connectivity index (χ2v) is 19.0. The number of hydrogen-bond donors (Lipinski definition) is 0. The third kappa shape index (κ3) is 4.52. The zero-order valence-corrected chi connectivity index (χ0v) is 19.5. The van der Waals surface area contributed by atoms with Gasteiger partial charge in [-0.25, -0.2) is 0 Å². The quantitative estimate of drug-likeness (QED) is 0.385. The van der Waals surface area contributed by atoms with Crippen LogP contribution in [0.1, 0.15) is 32.3 Å². The number of nitrogens with zero attached hydrogens (tertiary/aromatic N) is 1. The van der Waals surface area contributed by atoms with Crippen molar-refractivity contribution in [3.63, 3.8) is 0 Å². The molecule has 0 saturated carbocycles. The fourth-order valence-electron chi connectivity index (χ4n) is 3.55. The van der Waals surface area contributed by atoms with Crippen LogP contribution in [0.3, 0.4) is 0 Å². The van der Waals surface area contributed by atoms with Crippen LogP contribution in [0.4, 0.5) is 0 Å². The van der Waals surface area contributed by atoms with Crippen LogP contribution in [-0.4, -0.2) is 13.3 Å². The van der Waals surface area contributed by atoms with E-state index in [0.29, 0.717) is 0 Å². The van der Waals surface area contributed by atoms with Gasteiger partial charge in [0.25, 0.3) is 0 Å². The van der Waals surface area contributed by atoms with Gasteiger partial charge in [-0.1, -0.05) is 0 Å². The molecule has 0 saturated heterocycles. The van der Waals surface area contributed by atoms with E-state index >= 15 is 0 Å². The van der Waals surface area contributed by atoms with E-state index in [1.807, 2.05) is 37.3 Å². The number of rotatable bonds is 5. The predicted octanol–water partition coefficient (Wildman–Crippen LogP) is 5.38. The minimum absolute atomic E-state index is 0.232. The Morgan fingerprint density at radius 3 is 2.26 bits per heavy atom. The van der Waals surface area contributed by atoms with Gasteiger partial charge in [-0.05, 0) is 0 Å². The summed E-state index contributed by atoms with van der Waals surface area (Å²) in [6.45, 7) is 4.13. The Morgan fingerprint density at radius 1 is 1.00 bits per heavy atom. The van der Waals surface area contributed by atoms with Crippen molar-refractivity contribution in [2.45, 2.75) is 43.4 Å². The summed E-state index contributed by atoms with van der Waals surface area (Å²) in [6.07, 6.45) is 0.744. The second kappa shape index (κ2) is 8.02. The number of pyridine rings is 1. The van der Waals surface area contributed by atoms with E-state index in [0.717, 1.165) is 22.4 Å². The summed E-state index contributed by atoms with van der Waals surface area (Å²) in [5.74, 6) is 6.80. The van der Waals surface area contributed by atoms with E-state index in [2.05, 4.69) is 72.3 Å². The standard InChI is InChI=1S/C25H32GeN/c1-19-12-10-11-15-23(19)25-17-22(24(18-27(25)6)26(3,4)5)16-20(2)21-13-8-7-9-14-21/h7-15,17-18,20H,16H2,1-6H3/q+1/i16D2. The van der Waals surface area contributed by atoms with Gasteiger partial charge in [0.15, 0.2) is 0 Å². The molecule has 0 N–H and O–H groups in total. The van der Waals surface area contributed by atoms with Gasteiger partial charge in [0.2, 0.25) is 0 Å². The van der Waals surface area contributed by atoms with Crippen molar-refractivity contribution < 1.29 is 7.31 Å². The second-order valence-electron chi connectivity index (χ2n) is 8.44. The molecule has 0 amide bonds. The molecule has 0 fully saturated rings. The minimum atomic E-state index is -2.32. The first-order valence-electron chi connectivity index (χ1n) is 10.7. The van der Waals surface area contributed by atoms with Crippen LogP contribution >= 0.6 is 0 Å². The molecule has 2 heteroatoms. The first-order valence-corrected chi connectivity index (χ1v) is 17.0. The van der Waals surface area contributed by atoms with Gasteiger partial charge in [0, 0.05) is 0 Å². The van der Waals surface area contributed by atoms with E-state index in [1.165, 1.54) is 9.96 Å². The van der Waals surface area contributed by atoms with Crippen LogP contribution in [0.15, 0.2) is 66.9 Å². The van der Waals surface area contributed by atoms with Crippen molar-refractivity contribution in [3.05, 3.63) is 83.6 Å². The Balaban J connectivity index is 2.25. The summed E-state index contributed by atoms with van der Waals surface area (Å²) in [6, 6.07) is 20.5. The van der Waals surface area contributed by atoms with Crippen molar-refractivity contribution in [2.75, 3.05) is 0 Å². The zero-order chi connectivity index (χ0) is 21.4. The molecular formula is C25H32GeN+. The van der Waals surface area contributed by atoms with Crippen LogP contribution < -0.4 is 8.96 Å². The molecule has 1 atom stereocenters. The number of hydrogen-bond acceptors (Lipinski definition) is 0. The molecule has 0 aliphatic rings. The van der Waals surface area contributed by atoms with Crippen LogP contribution in [0.5, 0.6) is 0 Å².